The van der Waals surface area contributed by atoms with Crippen LogP contribution in [0.3, 0.4) is 0 Å². The number of unbranched alkanes of at least 4 members (excludes halogenated alkanes) is 3. The maximum absolute atomic E-state index is 12.3. The molecule has 112 valence electrons. The molecule has 19 heavy (non-hydrogen) atoms. The minimum absolute atomic E-state index is 0.207. The molecule has 0 aromatic rings. The molecule has 0 aromatic heterocycles. The Morgan fingerprint density at radius 2 is 1.84 bits per heavy atom. The second kappa shape index (κ2) is 9.65. The second-order valence-electron chi connectivity index (χ2n) is 5.71. The lowest BCUT2D eigenvalue weighted by atomic mass is 9.73. The van der Waals surface area contributed by atoms with E-state index in [1.165, 1.54) is 31.4 Å². The maximum atomic E-state index is 12.3. The Kier molecular flexibility index (Phi) is 8.55. The van der Waals surface area contributed by atoms with E-state index >= 15 is 0 Å². The number of rotatable bonds is 9. The van der Waals surface area contributed by atoms with Crippen LogP contribution in [0.4, 0.5) is 0 Å². The van der Waals surface area contributed by atoms with E-state index < -0.39 is 0 Å². The fourth-order valence-electron chi connectivity index (χ4n) is 2.87. The van der Waals surface area contributed by atoms with Crippen molar-refractivity contribution in [3.8, 4) is 0 Å². The summed E-state index contributed by atoms with van der Waals surface area (Å²) >= 11 is 1.91. The van der Waals surface area contributed by atoms with Gasteiger partial charge in [0.15, 0.2) is 0 Å². The zero-order valence-electron chi connectivity index (χ0n) is 12.4. The molecule has 0 bridgehead atoms. The van der Waals surface area contributed by atoms with Crippen molar-refractivity contribution in [1.82, 2.24) is 5.32 Å². The van der Waals surface area contributed by atoms with Crippen LogP contribution in [0, 0.1) is 5.41 Å². The number of hydrogen-bond donors (Lipinski definition) is 2. The Morgan fingerprint density at radius 3 is 2.47 bits per heavy atom. The maximum Gasteiger partial charge on any atom is 0.227 e. The summed E-state index contributed by atoms with van der Waals surface area (Å²) in [5, 5.41) is 3.11. The molecule has 0 heterocycles. The summed E-state index contributed by atoms with van der Waals surface area (Å²) in [6.45, 7) is 1.33. The van der Waals surface area contributed by atoms with E-state index in [1.54, 1.807) is 0 Å². The van der Waals surface area contributed by atoms with Crippen LogP contribution in [-0.2, 0) is 4.79 Å². The van der Waals surface area contributed by atoms with Gasteiger partial charge in [0.1, 0.15) is 0 Å². The van der Waals surface area contributed by atoms with Crippen molar-refractivity contribution in [1.29, 1.82) is 0 Å². The lowest BCUT2D eigenvalue weighted by Gasteiger charge is -2.34. The van der Waals surface area contributed by atoms with Crippen molar-refractivity contribution in [2.45, 2.75) is 57.8 Å². The van der Waals surface area contributed by atoms with Gasteiger partial charge >= 0.3 is 0 Å². The summed E-state index contributed by atoms with van der Waals surface area (Å²) in [6, 6.07) is 0. The quantitative estimate of drug-likeness (QED) is 0.641. The Labute approximate surface area is 122 Å². The summed E-state index contributed by atoms with van der Waals surface area (Å²) in [6.07, 6.45) is 12.5. The van der Waals surface area contributed by atoms with E-state index in [1.807, 2.05) is 11.8 Å². The minimum Gasteiger partial charge on any atom is -0.356 e. The van der Waals surface area contributed by atoms with Crippen molar-refractivity contribution < 1.29 is 4.79 Å². The number of nitrogens with one attached hydrogen (secondary N) is 1. The van der Waals surface area contributed by atoms with Gasteiger partial charge in [-0.25, -0.2) is 0 Å². The molecule has 4 heteroatoms. The lowest BCUT2D eigenvalue weighted by molar-refractivity contribution is -0.132. The first-order valence-corrected chi connectivity index (χ1v) is 9.12. The topological polar surface area (TPSA) is 55.1 Å². The molecule has 1 fully saturated rings. The Bertz CT molecular complexity index is 253. The zero-order chi connectivity index (χ0) is 14.0. The molecule has 1 aliphatic carbocycles. The van der Waals surface area contributed by atoms with Crippen LogP contribution >= 0.6 is 11.8 Å². The van der Waals surface area contributed by atoms with E-state index in [0.717, 1.165) is 38.6 Å². The first kappa shape index (κ1) is 16.8. The van der Waals surface area contributed by atoms with E-state index in [-0.39, 0.29) is 11.3 Å². The Hall–Kier alpha value is -0.220. The van der Waals surface area contributed by atoms with Crippen LogP contribution in [0.1, 0.15) is 57.8 Å². The third-order valence-corrected chi connectivity index (χ3v) is 4.94. The van der Waals surface area contributed by atoms with Gasteiger partial charge in [0.2, 0.25) is 5.91 Å². The molecule has 0 spiro atoms. The third kappa shape index (κ3) is 5.74. The summed E-state index contributed by atoms with van der Waals surface area (Å²) < 4.78 is 0. The van der Waals surface area contributed by atoms with Crippen molar-refractivity contribution in [2.75, 3.05) is 25.1 Å². The number of hydrogen-bond acceptors (Lipinski definition) is 3. The van der Waals surface area contributed by atoms with E-state index in [2.05, 4.69) is 11.6 Å². The molecule has 0 aromatic carbocycles. The molecule has 1 aliphatic rings. The van der Waals surface area contributed by atoms with Gasteiger partial charge in [0, 0.05) is 13.1 Å². The number of amides is 1. The molecule has 3 N–H and O–H groups in total. The van der Waals surface area contributed by atoms with Crippen LogP contribution in [0.25, 0.3) is 0 Å². The number of carbonyl (C=O) groups is 1. The number of carbonyl (C=O) groups excluding carboxylic acids is 1. The normalized spacial score (nSPS) is 18.2. The van der Waals surface area contributed by atoms with E-state index in [9.17, 15) is 4.79 Å². The second-order valence-corrected chi connectivity index (χ2v) is 6.69. The van der Waals surface area contributed by atoms with Crippen LogP contribution in [0.2, 0.25) is 0 Å². The highest BCUT2D eigenvalue weighted by atomic mass is 32.2. The monoisotopic (exact) mass is 286 g/mol. The van der Waals surface area contributed by atoms with E-state index in [4.69, 9.17) is 5.73 Å². The van der Waals surface area contributed by atoms with Crippen molar-refractivity contribution in [3.63, 3.8) is 0 Å². The van der Waals surface area contributed by atoms with Gasteiger partial charge in [-0.05, 0) is 37.7 Å². The largest absolute Gasteiger partial charge is 0.356 e. The predicted octanol–water partition coefficient (Wildman–Crippen LogP) is 2.94. The highest BCUT2D eigenvalue weighted by Gasteiger charge is 2.37. The molecule has 3 nitrogen and oxygen atoms in total. The molecular weight excluding hydrogens is 256 g/mol. The highest BCUT2D eigenvalue weighted by Crippen LogP contribution is 2.35. The van der Waals surface area contributed by atoms with Gasteiger partial charge in [-0.3, -0.25) is 4.79 Å². The average Bonchev–Trinajstić information content (AvgIpc) is 2.46. The molecule has 0 saturated heterocycles. The summed E-state index contributed by atoms with van der Waals surface area (Å²) in [5.41, 5.74) is 5.61. The SMILES string of the molecule is CSCCCCCCNC(=O)C1(CN)CCCCC1. The van der Waals surface area contributed by atoms with Crippen molar-refractivity contribution >= 4 is 17.7 Å². The Balaban J connectivity index is 2.15. The van der Waals surface area contributed by atoms with Gasteiger partial charge in [0.25, 0.3) is 0 Å². The first-order valence-electron chi connectivity index (χ1n) is 7.72. The van der Waals surface area contributed by atoms with Gasteiger partial charge in [-0.2, -0.15) is 11.8 Å². The zero-order valence-corrected chi connectivity index (χ0v) is 13.2. The molecule has 1 amide bonds. The lowest BCUT2D eigenvalue weighted by Crippen LogP contribution is -2.47. The molecule has 0 aliphatic heterocycles. The van der Waals surface area contributed by atoms with Gasteiger partial charge in [-0.1, -0.05) is 32.1 Å². The smallest absolute Gasteiger partial charge is 0.227 e. The molecular formula is C15H30N2OS. The number of nitrogens with two attached hydrogens (primary N) is 1. The Morgan fingerprint density at radius 1 is 1.16 bits per heavy atom. The molecule has 1 rings (SSSR count). The fraction of sp³-hybridized carbons (Fsp3) is 0.933. The van der Waals surface area contributed by atoms with Crippen molar-refractivity contribution in [2.24, 2.45) is 11.1 Å². The van der Waals surface area contributed by atoms with Gasteiger partial charge < -0.3 is 11.1 Å². The third-order valence-electron chi connectivity index (χ3n) is 4.24. The van der Waals surface area contributed by atoms with E-state index in [0.29, 0.717) is 6.54 Å². The van der Waals surface area contributed by atoms with Crippen molar-refractivity contribution in [3.05, 3.63) is 0 Å². The molecule has 0 atom stereocenters. The van der Waals surface area contributed by atoms with Crippen LogP contribution < -0.4 is 11.1 Å². The molecule has 0 radical (unpaired) electrons. The fourth-order valence-corrected chi connectivity index (χ4v) is 3.36. The van der Waals surface area contributed by atoms with Gasteiger partial charge in [-0.15, -0.1) is 0 Å². The predicted molar refractivity (Wildman–Crippen MR) is 84.4 cm³/mol. The summed E-state index contributed by atoms with van der Waals surface area (Å²) in [5.74, 6) is 1.46. The highest BCUT2D eigenvalue weighted by molar-refractivity contribution is 7.98. The van der Waals surface area contributed by atoms with Gasteiger partial charge in [0.05, 0.1) is 5.41 Å². The minimum atomic E-state index is -0.253. The standard InChI is InChI=1S/C15H30N2OS/c1-19-12-8-3-2-7-11-17-14(18)15(13-16)9-5-4-6-10-15/h2-13,16H2,1H3,(H,17,18). The number of thioether (sulfide) groups is 1. The van der Waals surface area contributed by atoms with Crippen LogP contribution in [-0.4, -0.2) is 31.0 Å². The molecule has 0 unspecified atom stereocenters. The first-order chi connectivity index (χ1) is 9.25. The summed E-state index contributed by atoms with van der Waals surface area (Å²) in [4.78, 5) is 12.3. The average molecular weight is 286 g/mol. The van der Waals surface area contributed by atoms with Crippen LogP contribution in [0.5, 0.6) is 0 Å². The summed E-state index contributed by atoms with van der Waals surface area (Å²) in [7, 11) is 0. The molecule has 1 saturated carbocycles. The van der Waals surface area contributed by atoms with Crippen LogP contribution in [0.15, 0.2) is 0 Å².